The van der Waals surface area contributed by atoms with Gasteiger partial charge in [0.05, 0.1) is 19.6 Å². The summed E-state index contributed by atoms with van der Waals surface area (Å²) in [6.45, 7) is 2.33. The SMILES string of the molecule is CC(C)(CO)C(O)C(=O)NCCC(=O)O.O=C(O)CNCC(O)O. The van der Waals surface area contributed by atoms with E-state index in [0.717, 1.165) is 0 Å². The molecule has 8 N–H and O–H groups in total. The maximum absolute atomic E-state index is 11.3. The molecular formula is C13H26N2O9. The van der Waals surface area contributed by atoms with E-state index in [4.69, 9.17) is 25.5 Å². The molecule has 11 heteroatoms. The number of carboxylic acid groups (broad SMARTS) is 2. The minimum atomic E-state index is -1.48. The molecule has 0 aliphatic rings. The van der Waals surface area contributed by atoms with Crippen molar-refractivity contribution < 1.29 is 45.0 Å². The molecule has 24 heavy (non-hydrogen) atoms. The monoisotopic (exact) mass is 354 g/mol. The van der Waals surface area contributed by atoms with Crippen molar-refractivity contribution in [1.82, 2.24) is 10.6 Å². The predicted molar refractivity (Wildman–Crippen MR) is 80.9 cm³/mol. The largest absolute Gasteiger partial charge is 0.481 e. The van der Waals surface area contributed by atoms with Crippen molar-refractivity contribution in [3.05, 3.63) is 0 Å². The first kappa shape index (κ1) is 24.5. The summed E-state index contributed by atoms with van der Waals surface area (Å²) in [5, 5.41) is 55.6. The standard InChI is InChI=1S/C9H17NO5.C4H9NO4/c1-9(2,5-11)7(14)8(15)10-4-3-6(12)13;6-3(7)1-5-2-4(8)9/h7,11,14H,3-5H2,1-2H3,(H,10,15)(H,12,13);3,5-7H,1-2H2,(H,8,9). The Morgan fingerprint density at radius 2 is 1.58 bits per heavy atom. The molecule has 0 aromatic heterocycles. The van der Waals surface area contributed by atoms with E-state index in [1.165, 1.54) is 13.8 Å². The third-order valence-electron chi connectivity index (χ3n) is 2.64. The highest BCUT2D eigenvalue weighted by molar-refractivity contribution is 5.81. The van der Waals surface area contributed by atoms with Crippen molar-refractivity contribution in [3.63, 3.8) is 0 Å². The highest BCUT2D eigenvalue weighted by Gasteiger charge is 2.32. The Morgan fingerprint density at radius 1 is 1.04 bits per heavy atom. The summed E-state index contributed by atoms with van der Waals surface area (Å²) in [5.41, 5.74) is -0.937. The lowest BCUT2D eigenvalue weighted by Crippen LogP contribution is -2.45. The number of carboxylic acids is 2. The Balaban J connectivity index is 0. The summed E-state index contributed by atoms with van der Waals surface area (Å²) < 4.78 is 0. The number of nitrogens with one attached hydrogen (secondary N) is 2. The lowest BCUT2D eigenvalue weighted by atomic mass is 9.87. The second kappa shape index (κ2) is 12.6. The summed E-state index contributed by atoms with van der Waals surface area (Å²) in [6, 6.07) is 0. The Bertz CT molecular complexity index is 399. The van der Waals surface area contributed by atoms with Crippen LogP contribution in [0.25, 0.3) is 0 Å². The normalized spacial score (nSPS) is 12.1. The summed E-state index contributed by atoms with van der Waals surface area (Å²) in [6.07, 6.45) is -3.03. The van der Waals surface area contributed by atoms with Gasteiger partial charge in [0.15, 0.2) is 6.29 Å². The number of aliphatic hydroxyl groups is 4. The Hall–Kier alpha value is -1.79. The fraction of sp³-hybridized carbons (Fsp3) is 0.769. The average Bonchev–Trinajstić information content (AvgIpc) is 2.45. The van der Waals surface area contributed by atoms with Crippen LogP contribution in [0.3, 0.4) is 0 Å². The van der Waals surface area contributed by atoms with Gasteiger partial charge < -0.3 is 41.3 Å². The number of amides is 1. The van der Waals surface area contributed by atoms with Gasteiger partial charge in [-0.3, -0.25) is 14.4 Å². The molecule has 1 unspecified atom stereocenters. The van der Waals surface area contributed by atoms with Gasteiger partial charge in [-0.1, -0.05) is 13.8 Å². The molecule has 0 aliphatic heterocycles. The van der Waals surface area contributed by atoms with E-state index in [2.05, 4.69) is 10.6 Å². The number of hydrogen-bond donors (Lipinski definition) is 8. The van der Waals surface area contributed by atoms with Gasteiger partial charge in [0.25, 0.3) is 0 Å². The van der Waals surface area contributed by atoms with Gasteiger partial charge in [0.1, 0.15) is 6.10 Å². The van der Waals surface area contributed by atoms with E-state index in [-0.39, 0.29) is 32.7 Å². The van der Waals surface area contributed by atoms with Gasteiger partial charge in [-0.2, -0.15) is 0 Å². The molecule has 0 bridgehead atoms. The van der Waals surface area contributed by atoms with E-state index < -0.39 is 35.7 Å². The molecule has 142 valence electrons. The highest BCUT2D eigenvalue weighted by Crippen LogP contribution is 2.19. The van der Waals surface area contributed by atoms with Gasteiger partial charge in [-0.15, -0.1) is 0 Å². The van der Waals surface area contributed by atoms with Crippen LogP contribution in [0.4, 0.5) is 0 Å². The van der Waals surface area contributed by atoms with E-state index >= 15 is 0 Å². The van der Waals surface area contributed by atoms with Gasteiger partial charge in [-0.25, -0.2) is 0 Å². The maximum atomic E-state index is 11.3. The minimum Gasteiger partial charge on any atom is -0.481 e. The van der Waals surface area contributed by atoms with Crippen molar-refractivity contribution in [3.8, 4) is 0 Å². The van der Waals surface area contributed by atoms with E-state index in [9.17, 15) is 19.5 Å². The smallest absolute Gasteiger partial charge is 0.317 e. The average molecular weight is 354 g/mol. The van der Waals surface area contributed by atoms with Gasteiger partial charge >= 0.3 is 11.9 Å². The minimum absolute atomic E-state index is 0.0350. The maximum Gasteiger partial charge on any atom is 0.317 e. The summed E-state index contributed by atoms with van der Waals surface area (Å²) in [7, 11) is 0. The van der Waals surface area contributed by atoms with Crippen molar-refractivity contribution in [2.75, 3.05) is 26.2 Å². The molecular weight excluding hydrogens is 328 g/mol. The second-order valence-electron chi connectivity index (χ2n) is 5.49. The van der Waals surface area contributed by atoms with Crippen LogP contribution in [0.2, 0.25) is 0 Å². The molecule has 1 amide bonds. The van der Waals surface area contributed by atoms with Crippen molar-refractivity contribution in [1.29, 1.82) is 0 Å². The lowest BCUT2D eigenvalue weighted by Gasteiger charge is -2.26. The molecule has 0 spiro atoms. The Labute approximate surface area is 138 Å². The molecule has 0 saturated carbocycles. The molecule has 0 rings (SSSR count). The zero-order valence-corrected chi connectivity index (χ0v) is 13.6. The predicted octanol–water partition coefficient (Wildman–Crippen LogP) is -3.07. The van der Waals surface area contributed by atoms with Crippen molar-refractivity contribution >= 4 is 17.8 Å². The van der Waals surface area contributed by atoms with Crippen LogP contribution in [0.1, 0.15) is 20.3 Å². The van der Waals surface area contributed by atoms with Crippen molar-refractivity contribution in [2.24, 2.45) is 5.41 Å². The molecule has 0 aliphatic carbocycles. The van der Waals surface area contributed by atoms with Crippen molar-refractivity contribution in [2.45, 2.75) is 32.7 Å². The number of aliphatic hydroxyl groups excluding tert-OH is 3. The summed E-state index contributed by atoms with van der Waals surface area (Å²) >= 11 is 0. The number of aliphatic carboxylic acids is 2. The van der Waals surface area contributed by atoms with E-state index in [1.807, 2.05) is 0 Å². The van der Waals surface area contributed by atoms with E-state index in [0.29, 0.717) is 0 Å². The lowest BCUT2D eigenvalue weighted by molar-refractivity contribution is -0.139. The second-order valence-corrected chi connectivity index (χ2v) is 5.49. The molecule has 0 radical (unpaired) electrons. The van der Waals surface area contributed by atoms with Crippen LogP contribution in [0.15, 0.2) is 0 Å². The van der Waals surface area contributed by atoms with Crippen LogP contribution in [-0.2, 0) is 14.4 Å². The number of rotatable bonds is 10. The highest BCUT2D eigenvalue weighted by atomic mass is 16.5. The van der Waals surface area contributed by atoms with Gasteiger partial charge in [-0.05, 0) is 0 Å². The first-order valence-corrected chi connectivity index (χ1v) is 7.01. The quantitative estimate of drug-likeness (QED) is 0.186. The van der Waals surface area contributed by atoms with Gasteiger partial charge in [0, 0.05) is 18.5 Å². The summed E-state index contributed by atoms with van der Waals surface area (Å²) in [4.78, 5) is 31.2. The Morgan fingerprint density at radius 3 is 1.96 bits per heavy atom. The number of carbonyl (C=O) groups is 3. The first-order valence-electron chi connectivity index (χ1n) is 7.01. The zero-order chi connectivity index (χ0) is 19.3. The molecule has 0 saturated heterocycles. The summed E-state index contributed by atoms with van der Waals surface area (Å²) in [5.74, 6) is -2.71. The zero-order valence-electron chi connectivity index (χ0n) is 13.6. The fourth-order valence-electron chi connectivity index (χ4n) is 1.14. The third kappa shape index (κ3) is 13.8. The molecule has 0 aromatic rings. The first-order chi connectivity index (χ1) is 10.9. The number of hydrogen-bond acceptors (Lipinski definition) is 8. The molecule has 0 heterocycles. The van der Waals surface area contributed by atoms with Crippen LogP contribution in [0, 0.1) is 5.41 Å². The van der Waals surface area contributed by atoms with Crippen LogP contribution < -0.4 is 10.6 Å². The van der Waals surface area contributed by atoms with Gasteiger partial charge in [0.2, 0.25) is 5.91 Å². The molecule has 0 aromatic carbocycles. The Kier molecular flexibility index (Phi) is 12.9. The van der Waals surface area contributed by atoms with E-state index in [1.54, 1.807) is 0 Å². The van der Waals surface area contributed by atoms with Crippen LogP contribution in [-0.4, -0.2) is 87.1 Å². The molecule has 1 atom stereocenters. The molecule has 0 fully saturated rings. The molecule has 11 nitrogen and oxygen atoms in total. The fourth-order valence-corrected chi connectivity index (χ4v) is 1.14. The number of carbonyl (C=O) groups excluding carboxylic acids is 1. The third-order valence-corrected chi connectivity index (χ3v) is 2.64. The van der Waals surface area contributed by atoms with Crippen LogP contribution >= 0.6 is 0 Å². The topological polar surface area (TPSA) is 197 Å². The van der Waals surface area contributed by atoms with Crippen LogP contribution in [0.5, 0.6) is 0 Å².